The number of likely N-dealkylation sites (tertiary alicyclic amines) is 1. The minimum atomic E-state index is 0.00140. The second-order valence-electron chi connectivity index (χ2n) is 8.44. The Morgan fingerprint density at radius 2 is 2.03 bits per heavy atom. The minimum Gasteiger partial charge on any atom is -0.395 e. The molecular formula is C23H25N5O3. The maximum absolute atomic E-state index is 13.0. The van der Waals surface area contributed by atoms with E-state index in [1.165, 1.54) is 6.33 Å². The first kappa shape index (κ1) is 19.7. The molecule has 2 aromatic heterocycles. The molecule has 0 saturated carbocycles. The summed E-state index contributed by atoms with van der Waals surface area (Å²) in [4.78, 5) is 35.5. The number of hydrogen-bond acceptors (Lipinski definition) is 6. The lowest BCUT2D eigenvalue weighted by Crippen LogP contribution is -2.48. The maximum Gasteiger partial charge on any atom is 0.251 e. The number of hydrogen-bond donors (Lipinski definition) is 2. The molecule has 2 bridgehead atoms. The predicted octanol–water partition coefficient (Wildman–Crippen LogP) is 1.83. The van der Waals surface area contributed by atoms with Crippen LogP contribution >= 0.6 is 0 Å². The molecule has 8 nitrogen and oxygen atoms in total. The van der Waals surface area contributed by atoms with Crippen LogP contribution in [0.3, 0.4) is 0 Å². The molecule has 5 rings (SSSR count). The van der Waals surface area contributed by atoms with Crippen LogP contribution in [-0.4, -0.2) is 56.7 Å². The number of anilines is 1. The number of aliphatic hydroxyl groups excluding tert-OH is 1. The van der Waals surface area contributed by atoms with E-state index in [1.807, 2.05) is 27.7 Å². The van der Waals surface area contributed by atoms with Gasteiger partial charge in [0.05, 0.1) is 12.1 Å². The number of piperidine rings is 1. The number of rotatable bonds is 4. The van der Waals surface area contributed by atoms with Crippen molar-refractivity contribution in [2.75, 3.05) is 31.6 Å². The Balaban J connectivity index is 1.57. The smallest absolute Gasteiger partial charge is 0.251 e. The zero-order chi connectivity index (χ0) is 21.5. The molecule has 2 aliphatic rings. The Morgan fingerprint density at radius 1 is 1.16 bits per heavy atom. The number of carbonyl (C=O) groups excluding carboxylic acids is 1. The van der Waals surface area contributed by atoms with Gasteiger partial charge in [0.2, 0.25) is 5.91 Å². The third-order valence-corrected chi connectivity index (χ3v) is 6.37. The van der Waals surface area contributed by atoms with Gasteiger partial charge in [-0.1, -0.05) is 6.07 Å². The number of aliphatic hydroxyl groups is 1. The first-order chi connectivity index (χ1) is 15.0. The van der Waals surface area contributed by atoms with Gasteiger partial charge in [-0.05, 0) is 41.7 Å². The fourth-order valence-corrected chi connectivity index (χ4v) is 4.93. The van der Waals surface area contributed by atoms with Crippen molar-refractivity contribution in [3.63, 3.8) is 0 Å². The van der Waals surface area contributed by atoms with E-state index in [-0.39, 0.29) is 24.0 Å². The van der Waals surface area contributed by atoms with Crippen molar-refractivity contribution in [1.29, 1.82) is 0 Å². The molecule has 160 valence electrons. The van der Waals surface area contributed by atoms with Gasteiger partial charge in [-0.25, -0.2) is 9.97 Å². The number of nitrogens with one attached hydrogen (secondary N) is 1. The number of aromatic nitrogens is 3. The first-order valence-electron chi connectivity index (χ1n) is 10.6. The number of pyridine rings is 1. The van der Waals surface area contributed by atoms with Crippen LogP contribution in [0.2, 0.25) is 0 Å². The lowest BCUT2D eigenvalue weighted by atomic mass is 9.82. The largest absolute Gasteiger partial charge is 0.395 e. The Labute approximate surface area is 179 Å². The van der Waals surface area contributed by atoms with Gasteiger partial charge >= 0.3 is 0 Å². The average molecular weight is 419 g/mol. The molecule has 1 saturated heterocycles. The van der Waals surface area contributed by atoms with Gasteiger partial charge in [0, 0.05) is 56.2 Å². The normalized spacial score (nSPS) is 19.9. The molecule has 3 aromatic rings. The van der Waals surface area contributed by atoms with E-state index < -0.39 is 0 Å². The van der Waals surface area contributed by atoms with Crippen molar-refractivity contribution in [2.24, 2.45) is 5.92 Å². The fourth-order valence-electron chi connectivity index (χ4n) is 4.93. The average Bonchev–Trinajstić information content (AvgIpc) is 2.77. The molecule has 2 N–H and O–H groups in total. The number of nitrogens with zero attached hydrogens (tertiary/aromatic N) is 4. The highest BCUT2D eigenvalue weighted by atomic mass is 16.3. The molecule has 31 heavy (non-hydrogen) atoms. The predicted molar refractivity (Wildman–Crippen MR) is 118 cm³/mol. The van der Waals surface area contributed by atoms with Crippen molar-refractivity contribution < 1.29 is 9.90 Å². The maximum atomic E-state index is 13.0. The summed E-state index contributed by atoms with van der Waals surface area (Å²) in [6, 6.07) is 9.65. The van der Waals surface area contributed by atoms with Crippen LogP contribution in [0.4, 0.5) is 5.82 Å². The standard InChI is InChI=1S/C23H25N5O3/c1-14(30)27-10-15-6-18(12-27)21-8-17(9-22(31)28(21)11-15)16-2-3-20-19(7-16)23(24-4-5-29)26-13-25-20/h2-3,7-9,13,15,18,29H,4-6,10-12H2,1H3,(H,24,25,26)/t15-,18+/m0/s1. The van der Waals surface area contributed by atoms with Gasteiger partial charge in [0.15, 0.2) is 0 Å². The first-order valence-corrected chi connectivity index (χ1v) is 10.6. The third-order valence-electron chi connectivity index (χ3n) is 6.37. The summed E-state index contributed by atoms with van der Waals surface area (Å²) in [7, 11) is 0. The molecule has 2 aliphatic heterocycles. The van der Waals surface area contributed by atoms with Crippen LogP contribution < -0.4 is 10.9 Å². The molecular weight excluding hydrogens is 394 g/mol. The van der Waals surface area contributed by atoms with Crippen molar-refractivity contribution in [3.8, 4) is 11.1 Å². The fraction of sp³-hybridized carbons (Fsp3) is 0.391. The number of carbonyl (C=O) groups is 1. The summed E-state index contributed by atoms with van der Waals surface area (Å²) in [5.74, 6) is 1.26. The van der Waals surface area contributed by atoms with E-state index in [1.54, 1.807) is 13.0 Å². The molecule has 1 fully saturated rings. The van der Waals surface area contributed by atoms with Crippen LogP contribution in [0.1, 0.15) is 25.0 Å². The van der Waals surface area contributed by atoms with Crippen molar-refractivity contribution in [3.05, 3.63) is 52.7 Å². The molecule has 4 heterocycles. The van der Waals surface area contributed by atoms with E-state index in [0.717, 1.165) is 40.7 Å². The van der Waals surface area contributed by atoms with Crippen molar-refractivity contribution in [2.45, 2.75) is 25.8 Å². The van der Waals surface area contributed by atoms with E-state index in [9.17, 15) is 9.59 Å². The second-order valence-corrected chi connectivity index (χ2v) is 8.44. The zero-order valence-corrected chi connectivity index (χ0v) is 17.4. The Hall–Kier alpha value is -3.26. The SMILES string of the molecule is CC(=O)N1C[C@@H]2C[C@H](C1)c1cc(-c3ccc4ncnc(NCCO)c4c3)cc(=O)n1C2. The van der Waals surface area contributed by atoms with Crippen molar-refractivity contribution in [1.82, 2.24) is 19.4 Å². The molecule has 0 aliphatic carbocycles. The number of amides is 1. The molecule has 2 atom stereocenters. The summed E-state index contributed by atoms with van der Waals surface area (Å²) >= 11 is 0. The highest BCUT2D eigenvalue weighted by molar-refractivity contribution is 5.92. The summed E-state index contributed by atoms with van der Waals surface area (Å²) in [5, 5.41) is 13.1. The zero-order valence-electron chi connectivity index (χ0n) is 17.4. The minimum absolute atomic E-state index is 0.00140. The van der Waals surface area contributed by atoms with Gasteiger partial charge in [-0.2, -0.15) is 0 Å². The molecule has 1 amide bonds. The Bertz CT molecular complexity index is 1220. The van der Waals surface area contributed by atoms with Gasteiger partial charge in [0.1, 0.15) is 12.1 Å². The summed E-state index contributed by atoms with van der Waals surface area (Å²) in [6.45, 7) is 4.07. The monoisotopic (exact) mass is 419 g/mol. The lowest BCUT2D eigenvalue weighted by molar-refractivity contribution is -0.131. The number of fused-ring (bicyclic) bond motifs is 5. The highest BCUT2D eigenvalue weighted by Crippen LogP contribution is 2.37. The topological polar surface area (TPSA) is 100 Å². The van der Waals surface area contributed by atoms with E-state index in [0.29, 0.717) is 31.4 Å². The van der Waals surface area contributed by atoms with E-state index >= 15 is 0 Å². The van der Waals surface area contributed by atoms with Crippen LogP contribution in [0.15, 0.2) is 41.5 Å². The van der Waals surface area contributed by atoms with Gasteiger partial charge < -0.3 is 19.9 Å². The molecule has 8 heteroatoms. The van der Waals surface area contributed by atoms with Gasteiger partial charge in [-0.3, -0.25) is 9.59 Å². The summed E-state index contributed by atoms with van der Waals surface area (Å²) in [6.07, 6.45) is 2.50. The molecule has 1 aromatic carbocycles. The van der Waals surface area contributed by atoms with Crippen molar-refractivity contribution >= 4 is 22.6 Å². The van der Waals surface area contributed by atoms with E-state index in [2.05, 4.69) is 21.4 Å². The van der Waals surface area contributed by atoms with Gasteiger partial charge in [-0.15, -0.1) is 0 Å². The van der Waals surface area contributed by atoms with Crippen LogP contribution in [0, 0.1) is 5.92 Å². The third kappa shape index (κ3) is 3.57. The molecule has 0 radical (unpaired) electrons. The molecule has 0 unspecified atom stereocenters. The van der Waals surface area contributed by atoms with E-state index in [4.69, 9.17) is 5.11 Å². The lowest BCUT2D eigenvalue weighted by Gasteiger charge is -2.42. The quantitative estimate of drug-likeness (QED) is 0.669. The van der Waals surface area contributed by atoms with Crippen LogP contribution in [0.25, 0.3) is 22.0 Å². The highest BCUT2D eigenvalue weighted by Gasteiger charge is 2.35. The molecule has 0 spiro atoms. The summed E-state index contributed by atoms with van der Waals surface area (Å²) < 4.78 is 1.89. The number of benzene rings is 1. The second kappa shape index (κ2) is 7.77. The van der Waals surface area contributed by atoms with Crippen LogP contribution in [0.5, 0.6) is 0 Å². The summed E-state index contributed by atoms with van der Waals surface area (Å²) in [5.41, 5.74) is 3.57. The van der Waals surface area contributed by atoms with Gasteiger partial charge in [0.25, 0.3) is 5.56 Å². The van der Waals surface area contributed by atoms with Crippen LogP contribution in [-0.2, 0) is 11.3 Å². The Kier molecular flexibility index (Phi) is 4.94. The Morgan fingerprint density at radius 3 is 2.84 bits per heavy atom.